The third-order valence-corrected chi connectivity index (χ3v) is 4.76. The number of amides is 2. The fraction of sp³-hybridized carbons (Fsp3) is 0.300. The number of nitrogens with zero attached hydrogens (tertiary/aromatic N) is 3. The zero-order chi connectivity index (χ0) is 18.8. The Morgan fingerprint density at radius 3 is 2.96 bits per heavy atom. The first kappa shape index (κ1) is 17.2. The number of hydrogen-bond donors (Lipinski definition) is 1. The summed E-state index contributed by atoms with van der Waals surface area (Å²) in [7, 11) is 0. The molecule has 0 saturated carbocycles. The molecule has 1 aliphatic rings. The standard InChI is InChI=1S/C20H20N4O3/c1-13-10-18(23-27-13)20(26)24-9-3-5-16(12-24)22-19(25)15-7-6-14-4-2-8-21-17(14)11-15/h2,4,6-8,10-11,16H,3,5,9,12H2,1H3,(H,22,25)/t16-/m0/s1. The predicted molar refractivity (Wildman–Crippen MR) is 99.4 cm³/mol. The molecule has 2 amide bonds. The number of benzene rings is 1. The number of hydrogen-bond acceptors (Lipinski definition) is 5. The molecular weight excluding hydrogens is 344 g/mol. The first-order valence-electron chi connectivity index (χ1n) is 8.98. The lowest BCUT2D eigenvalue weighted by molar-refractivity contribution is 0.0666. The van der Waals surface area contributed by atoms with Gasteiger partial charge in [-0.05, 0) is 38.0 Å². The van der Waals surface area contributed by atoms with Crippen molar-refractivity contribution in [1.29, 1.82) is 0 Å². The quantitative estimate of drug-likeness (QED) is 0.772. The zero-order valence-electron chi connectivity index (χ0n) is 15.0. The van der Waals surface area contributed by atoms with Crippen LogP contribution < -0.4 is 5.32 Å². The summed E-state index contributed by atoms with van der Waals surface area (Å²) in [6.07, 6.45) is 3.37. The molecule has 0 bridgehead atoms. The van der Waals surface area contributed by atoms with E-state index >= 15 is 0 Å². The van der Waals surface area contributed by atoms with Crippen molar-refractivity contribution in [3.05, 3.63) is 59.6 Å². The minimum Gasteiger partial charge on any atom is -0.361 e. The molecule has 1 saturated heterocycles. The topological polar surface area (TPSA) is 88.3 Å². The molecule has 2 aromatic heterocycles. The summed E-state index contributed by atoms with van der Waals surface area (Å²) in [6, 6.07) is 10.8. The summed E-state index contributed by atoms with van der Waals surface area (Å²) >= 11 is 0. The molecule has 3 aromatic rings. The Bertz CT molecular complexity index is 998. The minimum atomic E-state index is -0.166. The fourth-order valence-corrected chi connectivity index (χ4v) is 3.39. The van der Waals surface area contributed by atoms with E-state index in [0.717, 1.165) is 23.7 Å². The Morgan fingerprint density at radius 2 is 2.15 bits per heavy atom. The highest BCUT2D eigenvalue weighted by Gasteiger charge is 2.27. The predicted octanol–water partition coefficient (Wildman–Crippen LogP) is 2.57. The summed E-state index contributed by atoms with van der Waals surface area (Å²) in [6.45, 7) is 2.86. The number of piperidine rings is 1. The van der Waals surface area contributed by atoms with Crippen LogP contribution in [0.3, 0.4) is 0 Å². The van der Waals surface area contributed by atoms with Crippen molar-refractivity contribution in [3.8, 4) is 0 Å². The average Bonchev–Trinajstić information content (AvgIpc) is 3.13. The SMILES string of the molecule is Cc1cc(C(=O)N2CCC[C@H](NC(=O)c3ccc4cccnc4c3)C2)no1. The van der Waals surface area contributed by atoms with Gasteiger partial charge in [0.15, 0.2) is 5.69 Å². The second-order valence-corrected chi connectivity index (χ2v) is 6.80. The molecule has 7 nitrogen and oxygen atoms in total. The molecule has 27 heavy (non-hydrogen) atoms. The molecular formula is C20H20N4O3. The van der Waals surface area contributed by atoms with E-state index in [2.05, 4.69) is 15.5 Å². The van der Waals surface area contributed by atoms with E-state index in [-0.39, 0.29) is 17.9 Å². The lowest BCUT2D eigenvalue weighted by Crippen LogP contribution is -2.49. The zero-order valence-corrected chi connectivity index (χ0v) is 15.0. The molecule has 138 valence electrons. The lowest BCUT2D eigenvalue weighted by Gasteiger charge is -2.32. The largest absolute Gasteiger partial charge is 0.361 e. The normalized spacial score (nSPS) is 17.1. The summed E-state index contributed by atoms with van der Waals surface area (Å²) in [5.41, 5.74) is 1.66. The first-order valence-corrected chi connectivity index (χ1v) is 8.98. The van der Waals surface area contributed by atoms with Crippen molar-refractivity contribution in [3.63, 3.8) is 0 Å². The molecule has 4 rings (SSSR count). The van der Waals surface area contributed by atoms with E-state index in [1.54, 1.807) is 36.2 Å². The van der Waals surface area contributed by atoms with E-state index in [9.17, 15) is 9.59 Å². The van der Waals surface area contributed by atoms with Crippen LogP contribution in [0, 0.1) is 6.92 Å². The number of carbonyl (C=O) groups is 2. The van der Waals surface area contributed by atoms with Crippen molar-refractivity contribution < 1.29 is 14.1 Å². The van der Waals surface area contributed by atoms with E-state index in [1.807, 2.05) is 18.2 Å². The van der Waals surface area contributed by atoms with Crippen molar-refractivity contribution in [1.82, 2.24) is 20.4 Å². The van der Waals surface area contributed by atoms with Gasteiger partial charge in [-0.15, -0.1) is 0 Å². The highest BCUT2D eigenvalue weighted by Crippen LogP contribution is 2.16. The molecule has 1 aromatic carbocycles. The maximum atomic E-state index is 12.6. The Morgan fingerprint density at radius 1 is 1.26 bits per heavy atom. The molecule has 1 aliphatic heterocycles. The van der Waals surface area contributed by atoms with E-state index < -0.39 is 0 Å². The minimum absolute atomic E-state index is 0.0948. The van der Waals surface area contributed by atoms with E-state index in [4.69, 9.17) is 4.52 Å². The van der Waals surface area contributed by atoms with Crippen LogP contribution in [-0.4, -0.2) is 46.0 Å². The molecule has 0 aliphatic carbocycles. The molecule has 1 atom stereocenters. The van der Waals surface area contributed by atoms with Crippen LogP contribution in [0.5, 0.6) is 0 Å². The smallest absolute Gasteiger partial charge is 0.276 e. The van der Waals surface area contributed by atoms with Crippen molar-refractivity contribution in [2.24, 2.45) is 0 Å². The van der Waals surface area contributed by atoms with Crippen LogP contribution in [0.4, 0.5) is 0 Å². The third kappa shape index (κ3) is 3.67. The van der Waals surface area contributed by atoms with Gasteiger partial charge in [0.25, 0.3) is 11.8 Å². The number of rotatable bonds is 3. The van der Waals surface area contributed by atoms with Gasteiger partial charge in [-0.1, -0.05) is 17.3 Å². The van der Waals surface area contributed by atoms with Crippen molar-refractivity contribution >= 4 is 22.7 Å². The van der Waals surface area contributed by atoms with Gasteiger partial charge < -0.3 is 14.7 Å². The van der Waals surface area contributed by atoms with Gasteiger partial charge >= 0.3 is 0 Å². The lowest BCUT2D eigenvalue weighted by atomic mass is 10.0. The summed E-state index contributed by atoms with van der Waals surface area (Å²) in [5.74, 6) is 0.282. The molecule has 0 spiro atoms. The van der Waals surface area contributed by atoms with Crippen molar-refractivity contribution in [2.75, 3.05) is 13.1 Å². The summed E-state index contributed by atoms with van der Waals surface area (Å²) in [4.78, 5) is 31.2. The molecule has 1 fully saturated rings. The van der Waals surface area contributed by atoms with Crippen LogP contribution in [0.25, 0.3) is 10.9 Å². The number of aryl methyl sites for hydroxylation is 1. The molecule has 1 N–H and O–H groups in total. The first-order chi connectivity index (χ1) is 13.1. The Labute approximate surface area is 156 Å². The Kier molecular flexibility index (Phi) is 4.58. The Hall–Kier alpha value is -3.22. The number of fused-ring (bicyclic) bond motifs is 1. The van der Waals surface area contributed by atoms with Crippen LogP contribution in [0.15, 0.2) is 47.1 Å². The van der Waals surface area contributed by atoms with Crippen LogP contribution in [0.1, 0.15) is 39.4 Å². The summed E-state index contributed by atoms with van der Waals surface area (Å²) < 4.78 is 4.99. The van der Waals surface area contributed by atoms with Crippen LogP contribution in [0.2, 0.25) is 0 Å². The monoisotopic (exact) mass is 364 g/mol. The van der Waals surface area contributed by atoms with Crippen LogP contribution in [-0.2, 0) is 0 Å². The molecule has 0 unspecified atom stereocenters. The number of aromatic nitrogens is 2. The average molecular weight is 364 g/mol. The van der Waals surface area contributed by atoms with E-state index in [1.165, 1.54) is 0 Å². The van der Waals surface area contributed by atoms with Gasteiger partial charge in [0.2, 0.25) is 0 Å². The Balaban J connectivity index is 1.43. The second kappa shape index (κ2) is 7.19. The van der Waals surface area contributed by atoms with Gasteiger partial charge in [-0.3, -0.25) is 14.6 Å². The maximum Gasteiger partial charge on any atom is 0.276 e. The van der Waals surface area contributed by atoms with Gasteiger partial charge in [-0.25, -0.2) is 0 Å². The second-order valence-electron chi connectivity index (χ2n) is 6.80. The molecule has 7 heteroatoms. The van der Waals surface area contributed by atoms with Gasteiger partial charge in [0, 0.05) is 42.3 Å². The van der Waals surface area contributed by atoms with Gasteiger partial charge in [0.1, 0.15) is 5.76 Å². The summed E-state index contributed by atoms with van der Waals surface area (Å²) in [5, 5.41) is 7.82. The highest BCUT2D eigenvalue weighted by molar-refractivity contribution is 5.98. The van der Waals surface area contributed by atoms with Crippen molar-refractivity contribution in [2.45, 2.75) is 25.8 Å². The maximum absolute atomic E-state index is 12.6. The van der Waals surface area contributed by atoms with E-state index in [0.29, 0.717) is 30.1 Å². The van der Waals surface area contributed by atoms with Gasteiger partial charge in [0.05, 0.1) is 5.52 Å². The van der Waals surface area contributed by atoms with Gasteiger partial charge in [-0.2, -0.15) is 0 Å². The fourth-order valence-electron chi connectivity index (χ4n) is 3.39. The molecule has 3 heterocycles. The number of likely N-dealkylation sites (tertiary alicyclic amines) is 1. The number of nitrogens with one attached hydrogen (secondary N) is 1. The highest BCUT2D eigenvalue weighted by atomic mass is 16.5. The molecule has 0 radical (unpaired) electrons. The number of pyridine rings is 1. The third-order valence-electron chi connectivity index (χ3n) is 4.76. The number of carbonyl (C=O) groups excluding carboxylic acids is 2. The van der Waals surface area contributed by atoms with Crippen LogP contribution >= 0.6 is 0 Å².